The zero-order valence-electron chi connectivity index (χ0n) is 14.0. The Kier molecular flexibility index (Phi) is 4.84. The van der Waals surface area contributed by atoms with Crippen molar-refractivity contribution >= 4 is 11.8 Å². The summed E-state index contributed by atoms with van der Waals surface area (Å²) in [6.07, 6.45) is -1.57. The smallest absolute Gasteiger partial charge is 0.278 e. The molecule has 0 bridgehead atoms. The lowest BCUT2D eigenvalue weighted by Gasteiger charge is -2.43. The lowest BCUT2D eigenvalue weighted by molar-refractivity contribution is -0.164. The van der Waals surface area contributed by atoms with Gasteiger partial charge in [0.2, 0.25) is 17.3 Å². The van der Waals surface area contributed by atoms with Gasteiger partial charge in [-0.05, 0) is 17.7 Å². The van der Waals surface area contributed by atoms with Gasteiger partial charge in [0.05, 0.1) is 7.11 Å². The van der Waals surface area contributed by atoms with Crippen LogP contribution in [0.25, 0.3) is 0 Å². The van der Waals surface area contributed by atoms with Crippen molar-refractivity contribution in [1.29, 1.82) is 0 Å². The third-order valence-corrected chi connectivity index (χ3v) is 4.11. The van der Waals surface area contributed by atoms with E-state index in [-0.39, 0.29) is 23.1 Å². The molecule has 1 amide bonds. The predicted octanol–water partition coefficient (Wildman–Crippen LogP) is 0.288. The van der Waals surface area contributed by atoms with E-state index in [4.69, 9.17) is 9.47 Å². The summed E-state index contributed by atoms with van der Waals surface area (Å²) in [5.74, 6) is -1.31. The SMILES string of the molecule is COC1=NC(OC)(C(C)C)C(=O)NC1(O)C(O)c1ccc(O)cc1. The number of phenols is 1. The van der Waals surface area contributed by atoms with Crippen LogP contribution in [0.4, 0.5) is 0 Å². The van der Waals surface area contributed by atoms with Crippen LogP contribution >= 0.6 is 0 Å². The Hall–Kier alpha value is -2.16. The molecule has 24 heavy (non-hydrogen) atoms. The molecule has 1 aliphatic rings. The highest BCUT2D eigenvalue weighted by Crippen LogP contribution is 2.35. The Bertz CT molecular complexity index is 644. The average Bonchev–Trinajstić information content (AvgIpc) is 2.55. The summed E-state index contributed by atoms with van der Waals surface area (Å²) >= 11 is 0. The molecular formula is C16H22N2O6. The standard InChI is InChI=1S/C16H22N2O6/c1-9(2)16(24-4)13(21)17-15(22,14(18-16)23-3)12(20)10-5-7-11(19)8-6-10/h5-9,12,19-20,22H,1-4H3,(H,17,21). The number of aromatic hydroxyl groups is 1. The van der Waals surface area contributed by atoms with Crippen molar-refractivity contribution in [2.75, 3.05) is 14.2 Å². The molecule has 0 aliphatic carbocycles. The number of aliphatic hydroxyl groups is 2. The molecule has 1 heterocycles. The number of phenolic OH excluding ortho intramolecular Hbond substituents is 1. The summed E-state index contributed by atoms with van der Waals surface area (Å²) in [4.78, 5) is 16.7. The average molecular weight is 338 g/mol. The van der Waals surface area contributed by atoms with E-state index in [2.05, 4.69) is 10.3 Å². The first-order valence-electron chi connectivity index (χ1n) is 7.42. The number of hydrogen-bond donors (Lipinski definition) is 4. The van der Waals surface area contributed by atoms with Crippen molar-refractivity contribution in [3.05, 3.63) is 29.8 Å². The number of ether oxygens (including phenoxy) is 2. The van der Waals surface area contributed by atoms with Crippen LogP contribution in [0.15, 0.2) is 29.3 Å². The van der Waals surface area contributed by atoms with Gasteiger partial charge in [-0.1, -0.05) is 26.0 Å². The van der Waals surface area contributed by atoms with E-state index in [1.54, 1.807) is 13.8 Å². The van der Waals surface area contributed by atoms with Crippen molar-refractivity contribution in [1.82, 2.24) is 5.32 Å². The van der Waals surface area contributed by atoms with Gasteiger partial charge >= 0.3 is 0 Å². The van der Waals surface area contributed by atoms with E-state index < -0.39 is 23.5 Å². The van der Waals surface area contributed by atoms with Crippen molar-refractivity contribution < 1.29 is 29.6 Å². The van der Waals surface area contributed by atoms with E-state index in [9.17, 15) is 20.1 Å². The maximum Gasteiger partial charge on any atom is 0.278 e. The number of nitrogens with one attached hydrogen (secondary N) is 1. The van der Waals surface area contributed by atoms with Crippen LogP contribution < -0.4 is 5.32 Å². The first-order chi connectivity index (χ1) is 11.2. The molecule has 8 heteroatoms. The number of hydrogen-bond acceptors (Lipinski definition) is 7. The van der Waals surface area contributed by atoms with E-state index in [0.717, 1.165) is 0 Å². The van der Waals surface area contributed by atoms with Crippen LogP contribution in [0.5, 0.6) is 5.75 Å². The Balaban J connectivity index is 2.51. The van der Waals surface area contributed by atoms with Gasteiger partial charge in [-0.15, -0.1) is 0 Å². The number of amides is 1. The van der Waals surface area contributed by atoms with E-state index in [1.807, 2.05) is 0 Å². The van der Waals surface area contributed by atoms with Crippen molar-refractivity contribution in [2.24, 2.45) is 10.9 Å². The zero-order chi connectivity index (χ0) is 18.1. The Morgan fingerprint density at radius 2 is 1.79 bits per heavy atom. The minimum atomic E-state index is -2.26. The molecule has 0 spiro atoms. The number of carbonyl (C=O) groups is 1. The summed E-state index contributed by atoms with van der Waals surface area (Å²) < 4.78 is 10.4. The fourth-order valence-electron chi connectivity index (χ4n) is 2.65. The first-order valence-corrected chi connectivity index (χ1v) is 7.42. The Morgan fingerprint density at radius 3 is 2.25 bits per heavy atom. The third-order valence-electron chi connectivity index (χ3n) is 4.11. The second-order valence-electron chi connectivity index (χ2n) is 5.89. The molecule has 3 atom stereocenters. The molecule has 0 saturated heterocycles. The predicted molar refractivity (Wildman–Crippen MR) is 85.2 cm³/mol. The van der Waals surface area contributed by atoms with E-state index in [1.165, 1.54) is 38.5 Å². The van der Waals surface area contributed by atoms with Gasteiger partial charge in [0.25, 0.3) is 5.91 Å². The molecule has 1 aliphatic heterocycles. The fourth-order valence-corrected chi connectivity index (χ4v) is 2.65. The van der Waals surface area contributed by atoms with Gasteiger partial charge in [0.15, 0.2) is 0 Å². The van der Waals surface area contributed by atoms with Gasteiger partial charge < -0.3 is 30.1 Å². The number of aliphatic hydroxyl groups excluding tert-OH is 1. The molecule has 4 N–H and O–H groups in total. The van der Waals surface area contributed by atoms with Gasteiger partial charge in [-0.3, -0.25) is 4.79 Å². The molecule has 1 aromatic rings. The first kappa shape index (κ1) is 18.2. The molecule has 8 nitrogen and oxygen atoms in total. The molecule has 0 saturated carbocycles. The molecule has 2 rings (SSSR count). The molecule has 3 unspecified atom stereocenters. The number of aliphatic imine (C=N–C) groups is 1. The van der Waals surface area contributed by atoms with Crippen LogP contribution in [0.2, 0.25) is 0 Å². The van der Waals surface area contributed by atoms with Crippen LogP contribution in [0.3, 0.4) is 0 Å². The van der Waals surface area contributed by atoms with Crippen molar-refractivity contribution in [2.45, 2.75) is 31.4 Å². The summed E-state index contributed by atoms with van der Waals surface area (Å²) in [6.45, 7) is 3.47. The number of methoxy groups -OCH3 is 2. The highest BCUT2D eigenvalue weighted by Gasteiger charge is 2.56. The summed E-state index contributed by atoms with van der Waals surface area (Å²) in [7, 11) is 2.60. The Labute approximate surface area is 139 Å². The number of rotatable bonds is 4. The monoisotopic (exact) mass is 338 g/mol. The summed E-state index contributed by atoms with van der Waals surface area (Å²) in [5, 5.41) is 33.1. The third kappa shape index (κ3) is 2.72. The van der Waals surface area contributed by atoms with Crippen LogP contribution in [-0.2, 0) is 14.3 Å². The van der Waals surface area contributed by atoms with Gasteiger partial charge in [0.1, 0.15) is 11.9 Å². The lowest BCUT2D eigenvalue weighted by Crippen LogP contribution is -2.69. The largest absolute Gasteiger partial charge is 0.508 e. The second kappa shape index (κ2) is 6.39. The fraction of sp³-hybridized carbons (Fsp3) is 0.500. The number of benzene rings is 1. The maximum atomic E-state index is 12.5. The number of carbonyl (C=O) groups excluding carboxylic acids is 1. The molecule has 1 aromatic carbocycles. The van der Waals surface area contributed by atoms with E-state index in [0.29, 0.717) is 0 Å². The molecule has 0 radical (unpaired) electrons. The molecule has 132 valence electrons. The zero-order valence-corrected chi connectivity index (χ0v) is 14.0. The topological polar surface area (TPSA) is 121 Å². The normalized spacial score (nSPS) is 28.3. The highest BCUT2D eigenvalue weighted by atomic mass is 16.5. The van der Waals surface area contributed by atoms with Gasteiger partial charge in [-0.2, -0.15) is 0 Å². The van der Waals surface area contributed by atoms with Crippen LogP contribution in [-0.4, -0.2) is 52.8 Å². The van der Waals surface area contributed by atoms with Crippen LogP contribution in [0, 0.1) is 5.92 Å². The van der Waals surface area contributed by atoms with Crippen molar-refractivity contribution in [3.8, 4) is 5.75 Å². The molecule has 0 aromatic heterocycles. The maximum absolute atomic E-state index is 12.5. The minimum Gasteiger partial charge on any atom is -0.508 e. The minimum absolute atomic E-state index is 0.00413. The quantitative estimate of drug-likeness (QED) is 0.626. The number of nitrogens with zero attached hydrogens (tertiary/aromatic N) is 1. The van der Waals surface area contributed by atoms with Crippen LogP contribution in [0.1, 0.15) is 25.5 Å². The Morgan fingerprint density at radius 1 is 1.21 bits per heavy atom. The highest BCUT2D eigenvalue weighted by molar-refractivity contribution is 5.99. The van der Waals surface area contributed by atoms with Crippen molar-refractivity contribution in [3.63, 3.8) is 0 Å². The molecule has 0 fully saturated rings. The molecular weight excluding hydrogens is 316 g/mol. The summed E-state index contributed by atoms with van der Waals surface area (Å²) in [5.41, 5.74) is -3.57. The van der Waals surface area contributed by atoms with E-state index >= 15 is 0 Å². The second-order valence-corrected chi connectivity index (χ2v) is 5.89. The lowest BCUT2D eigenvalue weighted by atomic mass is 9.91. The summed E-state index contributed by atoms with van der Waals surface area (Å²) in [6, 6.07) is 5.53. The van der Waals surface area contributed by atoms with Gasteiger partial charge in [-0.25, -0.2) is 4.99 Å². The van der Waals surface area contributed by atoms with Gasteiger partial charge in [0, 0.05) is 13.0 Å².